The number of hydrogen-bond acceptors (Lipinski definition) is 5. The van der Waals surface area contributed by atoms with E-state index in [0.29, 0.717) is 6.54 Å². The fourth-order valence-corrected chi connectivity index (χ4v) is 2.79. The van der Waals surface area contributed by atoms with Gasteiger partial charge in [-0.25, -0.2) is 0 Å². The number of nitro groups is 1. The van der Waals surface area contributed by atoms with Crippen molar-refractivity contribution in [3.63, 3.8) is 0 Å². The third-order valence-corrected chi connectivity index (χ3v) is 3.51. The molecule has 1 heterocycles. The van der Waals surface area contributed by atoms with E-state index in [9.17, 15) is 10.1 Å². The molecular weight excluding hydrogens is 250 g/mol. The second kappa shape index (κ2) is 6.26. The third kappa shape index (κ3) is 5.12. The Morgan fingerprint density at radius 1 is 1.44 bits per heavy atom. The highest BCUT2D eigenvalue weighted by molar-refractivity contribution is 7.15. The number of nitrogens with zero attached hydrogens (tertiary/aromatic N) is 2. The zero-order chi connectivity index (χ0) is 13.8. The Kier molecular flexibility index (Phi) is 5.25. The van der Waals surface area contributed by atoms with Crippen molar-refractivity contribution in [1.82, 2.24) is 10.2 Å². The Morgan fingerprint density at radius 2 is 2.11 bits per heavy atom. The van der Waals surface area contributed by atoms with Crippen LogP contribution in [0.4, 0.5) is 5.00 Å². The smallest absolute Gasteiger partial charge is 0.311 e. The van der Waals surface area contributed by atoms with Gasteiger partial charge in [-0.1, -0.05) is 25.2 Å². The molecule has 0 saturated carbocycles. The SMILES string of the molecule is CN(C)CC(C)(C)CNCc1ccc([N+](=O)[O-])s1. The van der Waals surface area contributed by atoms with Gasteiger partial charge in [-0.2, -0.15) is 0 Å². The quantitative estimate of drug-likeness (QED) is 0.611. The van der Waals surface area contributed by atoms with Crippen molar-refractivity contribution in [3.05, 3.63) is 27.1 Å². The lowest BCUT2D eigenvalue weighted by Gasteiger charge is -2.28. The molecule has 0 radical (unpaired) electrons. The molecule has 1 aromatic rings. The number of hydrogen-bond donors (Lipinski definition) is 1. The van der Waals surface area contributed by atoms with E-state index >= 15 is 0 Å². The van der Waals surface area contributed by atoms with Crippen LogP contribution in [-0.2, 0) is 6.54 Å². The summed E-state index contributed by atoms with van der Waals surface area (Å²) in [5, 5.41) is 14.1. The lowest BCUT2D eigenvalue weighted by molar-refractivity contribution is -0.380. The summed E-state index contributed by atoms with van der Waals surface area (Å²) in [4.78, 5) is 13.4. The van der Waals surface area contributed by atoms with E-state index < -0.39 is 0 Å². The molecule has 102 valence electrons. The molecule has 0 saturated heterocycles. The fourth-order valence-electron chi connectivity index (χ4n) is 2.00. The van der Waals surface area contributed by atoms with Gasteiger partial charge in [0, 0.05) is 30.6 Å². The van der Waals surface area contributed by atoms with Gasteiger partial charge in [0.1, 0.15) is 0 Å². The first-order valence-corrected chi connectivity index (χ1v) is 6.70. The van der Waals surface area contributed by atoms with Crippen LogP contribution in [0, 0.1) is 15.5 Å². The van der Waals surface area contributed by atoms with Crippen LogP contribution >= 0.6 is 11.3 Å². The van der Waals surface area contributed by atoms with Crippen LogP contribution in [0.3, 0.4) is 0 Å². The molecule has 1 aromatic heterocycles. The van der Waals surface area contributed by atoms with Crippen molar-refractivity contribution in [2.45, 2.75) is 20.4 Å². The fraction of sp³-hybridized carbons (Fsp3) is 0.667. The third-order valence-electron chi connectivity index (χ3n) is 2.47. The summed E-state index contributed by atoms with van der Waals surface area (Å²) in [5.41, 5.74) is 0.187. The Labute approximate surface area is 112 Å². The molecular formula is C12H21N3O2S. The summed E-state index contributed by atoms with van der Waals surface area (Å²) >= 11 is 1.23. The van der Waals surface area contributed by atoms with E-state index in [1.54, 1.807) is 6.07 Å². The molecule has 0 aliphatic rings. The first-order valence-electron chi connectivity index (χ1n) is 5.89. The second-order valence-corrected chi connectivity index (χ2v) is 6.65. The van der Waals surface area contributed by atoms with Crippen LogP contribution < -0.4 is 5.32 Å². The summed E-state index contributed by atoms with van der Waals surface area (Å²) in [7, 11) is 4.12. The van der Waals surface area contributed by atoms with E-state index in [1.165, 1.54) is 11.3 Å². The van der Waals surface area contributed by atoms with E-state index in [-0.39, 0.29) is 15.3 Å². The molecule has 0 amide bonds. The highest BCUT2D eigenvalue weighted by Gasteiger charge is 2.18. The summed E-state index contributed by atoms with van der Waals surface area (Å²) in [6.45, 7) is 6.99. The van der Waals surface area contributed by atoms with Crippen molar-refractivity contribution in [2.75, 3.05) is 27.2 Å². The van der Waals surface area contributed by atoms with Crippen molar-refractivity contribution in [3.8, 4) is 0 Å². The number of rotatable bonds is 7. The van der Waals surface area contributed by atoms with Crippen LogP contribution in [-0.4, -0.2) is 37.0 Å². The highest BCUT2D eigenvalue weighted by atomic mass is 32.1. The minimum Gasteiger partial charge on any atom is -0.311 e. The molecule has 1 rings (SSSR count). The van der Waals surface area contributed by atoms with Crippen molar-refractivity contribution >= 4 is 16.3 Å². The van der Waals surface area contributed by atoms with Crippen molar-refractivity contribution < 1.29 is 4.92 Å². The lowest BCUT2D eigenvalue weighted by Crippen LogP contribution is -2.37. The van der Waals surface area contributed by atoms with Gasteiger partial charge in [-0.15, -0.1) is 0 Å². The summed E-state index contributed by atoms with van der Waals surface area (Å²) in [5.74, 6) is 0. The molecule has 0 aliphatic heterocycles. The largest absolute Gasteiger partial charge is 0.324 e. The molecule has 0 aliphatic carbocycles. The minimum atomic E-state index is -0.343. The van der Waals surface area contributed by atoms with E-state index in [4.69, 9.17) is 0 Å². The minimum absolute atomic E-state index is 0.187. The molecule has 5 nitrogen and oxygen atoms in total. The molecule has 0 fully saturated rings. The van der Waals surface area contributed by atoms with Gasteiger partial charge in [0.25, 0.3) is 0 Å². The maximum absolute atomic E-state index is 10.6. The van der Waals surface area contributed by atoms with Crippen LogP contribution in [0.1, 0.15) is 18.7 Å². The standard InChI is InChI=1S/C12H21N3O2S/c1-12(2,9-14(3)4)8-13-7-10-5-6-11(18-10)15(16)17/h5-6,13H,7-9H2,1-4H3. The molecule has 6 heteroatoms. The van der Waals surface area contributed by atoms with Crippen molar-refractivity contribution in [1.29, 1.82) is 0 Å². The normalized spacial score (nSPS) is 12.1. The maximum Gasteiger partial charge on any atom is 0.324 e. The highest BCUT2D eigenvalue weighted by Crippen LogP contribution is 2.24. The van der Waals surface area contributed by atoms with Crippen LogP contribution in [0.2, 0.25) is 0 Å². The summed E-state index contributed by atoms with van der Waals surface area (Å²) in [6, 6.07) is 3.38. The first kappa shape index (κ1) is 15.1. The molecule has 0 atom stereocenters. The van der Waals surface area contributed by atoms with Gasteiger partial charge in [0.05, 0.1) is 4.92 Å². The second-order valence-electron chi connectivity index (χ2n) is 5.50. The Balaban J connectivity index is 2.39. The van der Waals surface area contributed by atoms with Crippen LogP contribution in [0.25, 0.3) is 0 Å². The maximum atomic E-state index is 10.6. The van der Waals surface area contributed by atoms with E-state index in [0.717, 1.165) is 18.0 Å². The van der Waals surface area contributed by atoms with Gasteiger partial charge in [-0.05, 0) is 25.6 Å². The molecule has 18 heavy (non-hydrogen) atoms. The average molecular weight is 271 g/mol. The number of thiophene rings is 1. The van der Waals surface area contributed by atoms with Gasteiger partial charge >= 0.3 is 5.00 Å². The van der Waals surface area contributed by atoms with Crippen LogP contribution in [0.15, 0.2) is 12.1 Å². The number of nitrogens with one attached hydrogen (secondary N) is 1. The first-order chi connectivity index (χ1) is 8.30. The Bertz CT molecular complexity index is 402. The van der Waals surface area contributed by atoms with Gasteiger partial charge in [0.2, 0.25) is 0 Å². The predicted octanol–water partition coefficient (Wildman–Crippen LogP) is 2.33. The topological polar surface area (TPSA) is 58.4 Å². The molecule has 0 aromatic carbocycles. The molecule has 0 spiro atoms. The van der Waals surface area contributed by atoms with E-state index in [2.05, 4.69) is 38.2 Å². The van der Waals surface area contributed by atoms with Gasteiger partial charge in [-0.3, -0.25) is 10.1 Å². The van der Waals surface area contributed by atoms with Gasteiger partial charge < -0.3 is 10.2 Å². The molecule has 0 unspecified atom stereocenters. The van der Waals surface area contributed by atoms with Crippen LogP contribution in [0.5, 0.6) is 0 Å². The average Bonchev–Trinajstić information content (AvgIpc) is 2.63. The van der Waals surface area contributed by atoms with Crippen molar-refractivity contribution in [2.24, 2.45) is 5.41 Å². The zero-order valence-electron chi connectivity index (χ0n) is 11.4. The summed E-state index contributed by atoms with van der Waals surface area (Å²) in [6.07, 6.45) is 0. The van der Waals surface area contributed by atoms with Gasteiger partial charge in [0.15, 0.2) is 0 Å². The molecule has 1 N–H and O–H groups in total. The monoisotopic (exact) mass is 271 g/mol. The zero-order valence-corrected chi connectivity index (χ0v) is 12.2. The predicted molar refractivity (Wildman–Crippen MR) is 75.0 cm³/mol. The van der Waals surface area contributed by atoms with E-state index in [1.807, 2.05) is 6.07 Å². The molecule has 0 bridgehead atoms. The lowest BCUT2D eigenvalue weighted by atomic mass is 9.93. The summed E-state index contributed by atoms with van der Waals surface area (Å²) < 4.78 is 0. The Hall–Kier alpha value is -0.980. The Morgan fingerprint density at radius 3 is 2.61 bits per heavy atom.